The molecule has 2 amide bonds. The summed E-state index contributed by atoms with van der Waals surface area (Å²) in [6.45, 7) is 5.00. The molecule has 0 saturated carbocycles. The molecule has 2 rings (SSSR count). The number of nitrogens with zero attached hydrogens (tertiary/aromatic N) is 3. The summed E-state index contributed by atoms with van der Waals surface area (Å²) < 4.78 is 0. The van der Waals surface area contributed by atoms with Gasteiger partial charge in [-0.1, -0.05) is 0 Å². The van der Waals surface area contributed by atoms with Crippen LogP contribution in [0.25, 0.3) is 0 Å². The lowest BCUT2D eigenvalue weighted by molar-refractivity contribution is -0.133. The van der Waals surface area contributed by atoms with Gasteiger partial charge in [0, 0.05) is 25.3 Å². The van der Waals surface area contributed by atoms with Gasteiger partial charge >= 0.3 is 0 Å². The largest absolute Gasteiger partial charge is 0.383 e. The van der Waals surface area contributed by atoms with Gasteiger partial charge in [0.05, 0.1) is 11.6 Å². The second-order valence-corrected chi connectivity index (χ2v) is 6.04. The first kappa shape index (κ1) is 17.1. The quantitative estimate of drug-likeness (QED) is 0.703. The van der Waals surface area contributed by atoms with Gasteiger partial charge in [0.15, 0.2) is 0 Å². The fraction of sp³-hybridized carbons (Fsp3) is 0.600. The summed E-state index contributed by atoms with van der Waals surface area (Å²) in [6, 6.07) is -0.487. The Morgan fingerprint density at radius 2 is 2.00 bits per heavy atom. The number of hydrogen-bond donors (Lipinski definition) is 3. The van der Waals surface area contributed by atoms with Crippen LogP contribution in [0.2, 0.25) is 0 Å². The van der Waals surface area contributed by atoms with E-state index in [0.717, 1.165) is 12.8 Å². The highest BCUT2D eigenvalue weighted by molar-refractivity contribution is 5.98. The van der Waals surface area contributed by atoms with Crippen molar-refractivity contribution in [2.45, 2.75) is 38.8 Å². The minimum atomic E-state index is -0.468. The van der Waals surface area contributed by atoms with Crippen LogP contribution >= 0.6 is 0 Å². The number of likely N-dealkylation sites (tertiary alicyclic amines) is 1. The van der Waals surface area contributed by atoms with Crippen LogP contribution in [-0.2, 0) is 4.79 Å². The number of nitrogens with one attached hydrogen (secondary N) is 1. The average Bonchev–Trinajstić information content (AvgIpc) is 2.54. The Balaban J connectivity index is 1.88. The molecule has 0 spiro atoms. The molecule has 0 radical (unpaired) electrons. The molecule has 5 N–H and O–H groups in total. The number of anilines is 1. The van der Waals surface area contributed by atoms with E-state index in [2.05, 4.69) is 15.3 Å². The minimum Gasteiger partial charge on any atom is -0.383 e. The van der Waals surface area contributed by atoms with Gasteiger partial charge in [-0.05, 0) is 32.6 Å². The summed E-state index contributed by atoms with van der Waals surface area (Å²) in [6.07, 6.45) is 4.39. The Kier molecular flexibility index (Phi) is 5.49. The smallest absolute Gasteiger partial charge is 0.256 e. The average molecular weight is 320 g/mol. The Morgan fingerprint density at radius 1 is 1.35 bits per heavy atom. The fourth-order valence-corrected chi connectivity index (χ4v) is 2.82. The van der Waals surface area contributed by atoms with Gasteiger partial charge in [-0.3, -0.25) is 9.59 Å². The van der Waals surface area contributed by atoms with E-state index in [9.17, 15) is 9.59 Å². The molecule has 0 aromatic carbocycles. The Labute approximate surface area is 135 Å². The number of nitrogens with two attached hydrogens (primary N) is 2. The van der Waals surface area contributed by atoms with Crippen molar-refractivity contribution in [3.8, 4) is 0 Å². The van der Waals surface area contributed by atoms with Crippen molar-refractivity contribution in [1.29, 1.82) is 0 Å². The van der Waals surface area contributed by atoms with Gasteiger partial charge in [0.2, 0.25) is 5.91 Å². The Bertz CT molecular complexity index is 569. The van der Waals surface area contributed by atoms with Crippen molar-refractivity contribution in [3.63, 3.8) is 0 Å². The molecule has 2 unspecified atom stereocenters. The number of hydrogen-bond acceptors (Lipinski definition) is 6. The molecule has 1 aliphatic rings. The second kappa shape index (κ2) is 7.36. The summed E-state index contributed by atoms with van der Waals surface area (Å²) in [5.74, 6) is 0.183. The normalized spacial score (nSPS) is 18.3. The monoisotopic (exact) mass is 320 g/mol. The molecule has 2 atom stereocenters. The molecule has 1 aromatic heterocycles. The lowest BCUT2D eigenvalue weighted by atomic mass is 9.90. The van der Waals surface area contributed by atoms with Crippen molar-refractivity contribution in [3.05, 3.63) is 18.1 Å². The Hall–Kier alpha value is -2.22. The van der Waals surface area contributed by atoms with Gasteiger partial charge in [0.25, 0.3) is 5.91 Å². The molecule has 126 valence electrons. The summed E-state index contributed by atoms with van der Waals surface area (Å²) in [5, 5.41) is 2.95. The number of piperidine rings is 1. The number of carbonyl (C=O) groups excluding carboxylic acids is 2. The predicted octanol–water partition coefficient (Wildman–Crippen LogP) is -0.237. The first-order chi connectivity index (χ1) is 10.9. The van der Waals surface area contributed by atoms with Crippen LogP contribution in [0.4, 0.5) is 5.82 Å². The third kappa shape index (κ3) is 4.16. The summed E-state index contributed by atoms with van der Waals surface area (Å²) >= 11 is 0. The summed E-state index contributed by atoms with van der Waals surface area (Å²) in [4.78, 5) is 33.5. The summed E-state index contributed by atoms with van der Waals surface area (Å²) in [7, 11) is 0. The van der Waals surface area contributed by atoms with Crippen molar-refractivity contribution >= 4 is 17.6 Å². The van der Waals surface area contributed by atoms with Crippen LogP contribution in [0, 0.1) is 5.92 Å². The molecular formula is C15H24N6O2. The maximum atomic E-state index is 12.2. The van der Waals surface area contributed by atoms with Gasteiger partial charge in [-0.25, -0.2) is 9.97 Å². The van der Waals surface area contributed by atoms with Crippen LogP contribution < -0.4 is 16.8 Å². The molecule has 0 aliphatic carbocycles. The van der Waals surface area contributed by atoms with Crippen molar-refractivity contribution in [1.82, 2.24) is 20.2 Å². The molecule has 1 saturated heterocycles. The second-order valence-electron chi connectivity index (χ2n) is 6.04. The molecule has 8 nitrogen and oxygen atoms in total. The number of nitrogen functional groups attached to an aromatic ring is 1. The van der Waals surface area contributed by atoms with Crippen molar-refractivity contribution in [2.24, 2.45) is 11.7 Å². The van der Waals surface area contributed by atoms with Crippen LogP contribution in [-0.4, -0.2) is 51.9 Å². The number of amides is 2. The summed E-state index contributed by atoms with van der Waals surface area (Å²) in [5.41, 5.74) is 11.6. The molecular weight excluding hydrogens is 296 g/mol. The zero-order valence-corrected chi connectivity index (χ0v) is 13.5. The molecule has 23 heavy (non-hydrogen) atoms. The van der Waals surface area contributed by atoms with E-state index in [4.69, 9.17) is 11.5 Å². The van der Waals surface area contributed by atoms with E-state index < -0.39 is 6.04 Å². The maximum Gasteiger partial charge on any atom is 0.256 e. The third-order valence-corrected chi connectivity index (χ3v) is 4.29. The minimum absolute atomic E-state index is 0.0188. The van der Waals surface area contributed by atoms with E-state index in [-0.39, 0.29) is 29.2 Å². The van der Waals surface area contributed by atoms with E-state index in [0.29, 0.717) is 19.0 Å². The van der Waals surface area contributed by atoms with Crippen molar-refractivity contribution in [2.75, 3.05) is 18.8 Å². The van der Waals surface area contributed by atoms with E-state index in [1.54, 1.807) is 11.8 Å². The SMILES string of the molecule is CC(N)C(=O)N1CCC(C(C)NC(=O)c2cncnc2N)CC1. The molecule has 8 heteroatoms. The third-order valence-electron chi connectivity index (χ3n) is 4.29. The molecule has 1 aromatic rings. The lowest BCUT2D eigenvalue weighted by Crippen LogP contribution is -2.49. The van der Waals surface area contributed by atoms with Gasteiger partial charge in [-0.2, -0.15) is 0 Å². The highest BCUT2D eigenvalue weighted by atomic mass is 16.2. The van der Waals surface area contributed by atoms with Gasteiger partial charge in [-0.15, -0.1) is 0 Å². The number of aromatic nitrogens is 2. The topological polar surface area (TPSA) is 127 Å². The number of carbonyl (C=O) groups is 2. The van der Waals surface area contributed by atoms with Gasteiger partial charge in [0.1, 0.15) is 12.1 Å². The molecule has 1 fully saturated rings. The van der Waals surface area contributed by atoms with E-state index in [1.807, 2.05) is 6.92 Å². The lowest BCUT2D eigenvalue weighted by Gasteiger charge is -2.35. The Morgan fingerprint density at radius 3 is 2.57 bits per heavy atom. The predicted molar refractivity (Wildman–Crippen MR) is 86.3 cm³/mol. The molecule has 1 aliphatic heterocycles. The van der Waals surface area contributed by atoms with Crippen LogP contribution in [0.1, 0.15) is 37.0 Å². The maximum absolute atomic E-state index is 12.2. The molecule has 0 bridgehead atoms. The van der Waals surface area contributed by atoms with Crippen LogP contribution in [0.3, 0.4) is 0 Å². The fourth-order valence-electron chi connectivity index (χ4n) is 2.82. The van der Waals surface area contributed by atoms with Crippen molar-refractivity contribution < 1.29 is 9.59 Å². The van der Waals surface area contributed by atoms with E-state index >= 15 is 0 Å². The zero-order valence-electron chi connectivity index (χ0n) is 13.5. The first-order valence-corrected chi connectivity index (χ1v) is 7.81. The van der Waals surface area contributed by atoms with Crippen LogP contribution in [0.5, 0.6) is 0 Å². The standard InChI is InChI=1S/C15H24N6O2/c1-9(16)15(23)21-5-3-11(4-6-21)10(2)20-14(22)12-7-18-8-19-13(12)17/h7-11H,3-6,16H2,1-2H3,(H,20,22)(H2,17,18,19). The zero-order chi connectivity index (χ0) is 17.0. The number of rotatable bonds is 4. The van der Waals surface area contributed by atoms with E-state index in [1.165, 1.54) is 12.5 Å². The highest BCUT2D eigenvalue weighted by Crippen LogP contribution is 2.21. The highest BCUT2D eigenvalue weighted by Gasteiger charge is 2.28. The first-order valence-electron chi connectivity index (χ1n) is 7.81. The van der Waals surface area contributed by atoms with Gasteiger partial charge < -0.3 is 21.7 Å². The van der Waals surface area contributed by atoms with Crippen LogP contribution in [0.15, 0.2) is 12.5 Å². The molecule has 2 heterocycles.